The number of hydrogen-bond donors (Lipinski definition) is 2. The van der Waals surface area contributed by atoms with E-state index in [0.29, 0.717) is 5.46 Å². The minimum atomic E-state index is -1.35. The van der Waals surface area contributed by atoms with Gasteiger partial charge in [-0.05, 0) is 31.3 Å². The van der Waals surface area contributed by atoms with Gasteiger partial charge in [-0.3, -0.25) is 0 Å². The molecule has 2 nitrogen and oxygen atoms in total. The Kier molecular flexibility index (Phi) is 6.29. The predicted molar refractivity (Wildman–Crippen MR) is 66.5 cm³/mol. The molecular formula is C12H21BO2. The van der Waals surface area contributed by atoms with Gasteiger partial charge in [0.2, 0.25) is 0 Å². The molecular weight excluding hydrogens is 187 g/mol. The maximum atomic E-state index is 9.16. The number of rotatable bonds is 2. The normalized spacial score (nSPS) is 9.27. The van der Waals surface area contributed by atoms with Crippen LogP contribution in [0.15, 0.2) is 12.1 Å². The molecule has 0 radical (unpaired) electrons. The van der Waals surface area contributed by atoms with E-state index in [-0.39, 0.29) is 0 Å². The maximum Gasteiger partial charge on any atom is 0.488 e. The summed E-state index contributed by atoms with van der Waals surface area (Å²) in [6.45, 7) is 9.93. The summed E-state index contributed by atoms with van der Waals surface area (Å²) >= 11 is 0. The van der Waals surface area contributed by atoms with E-state index >= 15 is 0 Å². The van der Waals surface area contributed by atoms with Crippen LogP contribution in [-0.2, 0) is 6.42 Å². The molecule has 0 aromatic heterocycles. The smallest absolute Gasteiger partial charge is 0.423 e. The molecule has 2 N–H and O–H groups in total. The van der Waals surface area contributed by atoms with Crippen molar-refractivity contribution < 1.29 is 10.0 Å². The lowest BCUT2D eigenvalue weighted by Crippen LogP contribution is -2.35. The summed E-state index contributed by atoms with van der Waals surface area (Å²) in [6, 6.07) is 3.97. The first-order chi connectivity index (χ1) is 7.06. The Morgan fingerprint density at radius 3 is 2.07 bits per heavy atom. The largest absolute Gasteiger partial charge is 0.488 e. The summed E-state index contributed by atoms with van der Waals surface area (Å²) in [5.74, 6) is 0. The molecule has 0 fully saturated rings. The average Bonchev–Trinajstić information content (AvgIpc) is 2.18. The van der Waals surface area contributed by atoms with E-state index in [4.69, 9.17) is 10.0 Å². The molecule has 84 valence electrons. The topological polar surface area (TPSA) is 40.5 Å². The van der Waals surface area contributed by atoms with Gasteiger partial charge >= 0.3 is 7.12 Å². The Bertz CT molecular complexity index is 309. The van der Waals surface area contributed by atoms with Gasteiger partial charge in [0.15, 0.2) is 0 Å². The lowest BCUT2D eigenvalue weighted by atomic mass is 9.73. The van der Waals surface area contributed by atoms with Crippen LogP contribution < -0.4 is 5.46 Å². The number of hydrogen-bond acceptors (Lipinski definition) is 2. The van der Waals surface area contributed by atoms with Gasteiger partial charge < -0.3 is 10.0 Å². The molecule has 0 bridgehead atoms. The first kappa shape index (κ1) is 14.2. The number of aryl methyl sites for hydroxylation is 3. The zero-order valence-electron chi connectivity index (χ0n) is 10.3. The summed E-state index contributed by atoms with van der Waals surface area (Å²) in [5.41, 5.74) is 3.80. The fourth-order valence-electron chi connectivity index (χ4n) is 1.73. The van der Waals surface area contributed by atoms with E-state index in [1.807, 2.05) is 46.8 Å². The summed E-state index contributed by atoms with van der Waals surface area (Å²) in [6.07, 6.45) is 0.829. The summed E-state index contributed by atoms with van der Waals surface area (Å²) in [7, 11) is -1.35. The molecule has 0 heterocycles. The first-order valence-corrected chi connectivity index (χ1v) is 5.52. The SMILES string of the molecule is CC.CCc1cc(C)cc(C)c1B(O)O. The van der Waals surface area contributed by atoms with Gasteiger partial charge in [-0.1, -0.05) is 44.0 Å². The van der Waals surface area contributed by atoms with Crippen molar-refractivity contribution in [1.29, 1.82) is 0 Å². The van der Waals surface area contributed by atoms with Gasteiger partial charge in [0.25, 0.3) is 0 Å². The Balaban J connectivity index is 0.000000921. The molecule has 0 amide bonds. The highest BCUT2D eigenvalue weighted by atomic mass is 16.4. The zero-order valence-corrected chi connectivity index (χ0v) is 10.3. The van der Waals surface area contributed by atoms with E-state index in [9.17, 15) is 0 Å². The Labute approximate surface area is 93.1 Å². The number of benzene rings is 1. The Morgan fingerprint density at radius 2 is 1.67 bits per heavy atom. The van der Waals surface area contributed by atoms with Crippen LogP contribution in [0, 0.1) is 13.8 Å². The van der Waals surface area contributed by atoms with Gasteiger partial charge in [0.1, 0.15) is 0 Å². The minimum Gasteiger partial charge on any atom is -0.423 e. The van der Waals surface area contributed by atoms with Crippen LogP contribution in [0.25, 0.3) is 0 Å². The average molecular weight is 208 g/mol. The molecule has 0 aliphatic carbocycles. The van der Waals surface area contributed by atoms with Crippen molar-refractivity contribution in [3.05, 3.63) is 28.8 Å². The standard InChI is InChI=1S/C10H15BO2.C2H6/c1-4-9-6-7(2)5-8(3)10(9)11(12)13;1-2/h5-6,12-13H,4H2,1-3H3;1-2H3. The van der Waals surface area contributed by atoms with Crippen LogP contribution in [0.3, 0.4) is 0 Å². The Morgan fingerprint density at radius 1 is 1.13 bits per heavy atom. The highest BCUT2D eigenvalue weighted by molar-refractivity contribution is 6.59. The quantitative estimate of drug-likeness (QED) is 0.724. The summed E-state index contributed by atoms with van der Waals surface area (Å²) < 4.78 is 0. The minimum absolute atomic E-state index is 0.660. The van der Waals surface area contributed by atoms with Crippen LogP contribution in [0.1, 0.15) is 37.5 Å². The molecule has 0 saturated carbocycles. The second-order valence-corrected chi connectivity index (χ2v) is 3.38. The molecule has 1 aromatic rings. The molecule has 0 spiro atoms. The van der Waals surface area contributed by atoms with E-state index < -0.39 is 7.12 Å². The fourth-order valence-corrected chi connectivity index (χ4v) is 1.73. The van der Waals surface area contributed by atoms with E-state index in [1.165, 1.54) is 5.56 Å². The van der Waals surface area contributed by atoms with Gasteiger partial charge in [-0.25, -0.2) is 0 Å². The predicted octanol–water partition coefficient (Wildman–Crippen LogP) is 1.57. The van der Waals surface area contributed by atoms with Crippen molar-refractivity contribution in [1.82, 2.24) is 0 Å². The zero-order chi connectivity index (χ0) is 12.0. The van der Waals surface area contributed by atoms with Gasteiger partial charge in [-0.2, -0.15) is 0 Å². The van der Waals surface area contributed by atoms with E-state index in [1.54, 1.807) is 0 Å². The maximum absolute atomic E-state index is 9.16. The fraction of sp³-hybridized carbons (Fsp3) is 0.500. The van der Waals surface area contributed by atoms with Crippen LogP contribution >= 0.6 is 0 Å². The monoisotopic (exact) mass is 208 g/mol. The van der Waals surface area contributed by atoms with Crippen LogP contribution in [0.5, 0.6) is 0 Å². The van der Waals surface area contributed by atoms with Crippen LogP contribution in [-0.4, -0.2) is 17.2 Å². The second kappa shape index (κ2) is 6.65. The van der Waals surface area contributed by atoms with Crippen molar-refractivity contribution in [2.24, 2.45) is 0 Å². The second-order valence-electron chi connectivity index (χ2n) is 3.38. The van der Waals surface area contributed by atoms with Crippen molar-refractivity contribution in [3.63, 3.8) is 0 Å². The molecule has 0 unspecified atom stereocenters. The lowest BCUT2D eigenvalue weighted by molar-refractivity contribution is 0.425. The molecule has 15 heavy (non-hydrogen) atoms. The van der Waals surface area contributed by atoms with Crippen molar-refractivity contribution in [2.75, 3.05) is 0 Å². The van der Waals surface area contributed by atoms with E-state index in [2.05, 4.69) is 0 Å². The molecule has 0 atom stereocenters. The first-order valence-electron chi connectivity index (χ1n) is 5.52. The third-order valence-electron chi connectivity index (χ3n) is 2.26. The van der Waals surface area contributed by atoms with Gasteiger partial charge in [0.05, 0.1) is 0 Å². The molecule has 0 aliphatic heterocycles. The molecule has 3 heteroatoms. The molecule has 0 aliphatic rings. The molecule has 0 saturated heterocycles. The third-order valence-corrected chi connectivity index (χ3v) is 2.26. The molecule has 1 aromatic carbocycles. The molecule has 1 rings (SSSR count). The lowest BCUT2D eigenvalue weighted by Gasteiger charge is -2.11. The Hall–Kier alpha value is -0.795. The van der Waals surface area contributed by atoms with Crippen molar-refractivity contribution in [2.45, 2.75) is 41.0 Å². The summed E-state index contributed by atoms with van der Waals surface area (Å²) in [4.78, 5) is 0. The highest BCUT2D eigenvalue weighted by Gasteiger charge is 2.17. The highest BCUT2D eigenvalue weighted by Crippen LogP contribution is 2.07. The third kappa shape index (κ3) is 3.69. The van der Waals surface area contributed by atoms with E-state index in [0.717, 1.165) is 17.5 Å². The van der Waals surface area contributed by atoms with Crippen molar-refractivity contribution >= 4 is 12.6 Å². The van der Waals surface area contributed by atoms with Gasteiger partial charge in [0, 0.05) is 0 Å². The van der Waals surface area contributed by atoms with Gasteiger partial charge in [-0.15, -0.1) is 0 Å². The van der Waals surface area contributed by atoms with Crippen LogP contribution in [0.2, 0.25) is 0 Å². The van der Waals surface area contributed by atoms with Crippen molar-refractivity contribution in [3.8, 4) is 0 Å². The van der Waals surface area contributed by atoms with Crippen LogP contribution in [0.4, 0.5) is 0 Å². The summed E-state index contributed by atoms with van der Waals surface area (Å²) in [5, 5.41) is 18.3.